The third-order valence-corrected chi connectivity index (χ3v) is 3.94. The highest BCUT2D eigenvalue weighted by atomic mass is 16.2. The molecule has 1 heterocycles. The quantitative estimate of drug-likeness (QED) is 0.674. The lowest BCUT2D eigenvalue weighted by atomic mass is 10.1. The van der Waals surface area contributed by atoms with E-state index in [2.05, 4.69) is 37.9 Å². The second-order valence-corrected chi connectivity index (χ2v) is 5.63. The van der Waals surface area contributed by atoms with E-state index in [0.717, 1.165) is 19.3 Å². The maximum atomic E-state index is 12.3. The van der Waals surface area contributed by atoms with E-state index in [0.29, 0.717) is 11.9 Å². The minimum absolute atomic E-state index is 0.0584. The third kappa shape index (κ3) is 3.98. The van der Waals surface area contributed by atoms with Crippen LogP contribution in [-0.2, 0) is 4.79 Å². The summed E-state index contributed by atoms with van der Waals surface area (Å²) in [5, 5.41) is 3.41. The number of nitrogens with one attached hydrogen (secondary N) is 1. The van der Waals surface area contributed by atoms with Crippen LogP contribution in [-0.4, -0.2) is 29.1 Å². The molecule has 18 heavy (non-hydrogen) atoms. The van der Waals surface area contributed by atoms with Gasteiger partial charge in [0.05, 0.1) is 12.2 Å². The molecule has 106 valence electrons. The third-order valence-electron chi connectivity index (χ3n) is 3.94. The van der Waals surface area contributed by atoms with Gasteiger partial charge in [-0.2, -0.15) is 0 Å². The molecule has 1 amide bonds. The summed E-state index contributed by atoms with van der Waals surface area (Å²) in [7, 11) is 0. The lowest BCUT2D eigenvalue weighted by Gasteiger charge is -2.28. The zero-order valence-corrected chi connectivity index (χ0v) is 12.5. The summed E-state index contributed by atoms with van der Waals surface area (Å²) in [5.41, 5.74) is 0. The van der Waals surface area contributed by atoms with E-state index < -0.39 is 0 Å². The van der Waals surface area contributed by atoms with Gasteiger partial charge in [-0.15, -0.1) is 0 Å². The number of hydrogen-bond donors (Lipinski definition) is 1. The highest BCUT2D eigenvalue weighted by Crippen LogP contribution is 2.20. The highest BCUT2D eigenvalue weighted by Gasteiger charge is 2.37. The van der Waals surface area contributed by atoms with E-state index in [-0.39, 0.29) is 12.2 Å². The largest absolute Gasteiger partial charge is 0.323 e. The standard InChI is InChI=1S/C15H30N2O/c1-5-7-8-9-11-12(3)17-13(4)16-14(10-6-2)15(17)18/h12-14,16H,5-11H2,1-4H3. The van der Waals surface area contributed by atoms with Crippen molar-refractivity contribution >= 4 is 5.91 Å². The molecule has 1 fully saturated rings. The minimum Gasteiger partial charge on any atom is -0.323 e. The molecule has 3 atom stereocenters. The molecule has 1 N–H and O–H groups in total. The van der Waals surface area contributed by atoms with Gasteiger partial charge >= 0.3 is 0 Å². The SMILES string of the molecule is CCCCCCC(C)N1C(=O)C(CCC)NC1C. The number of hydrogen-bond acceptors (Lipinski definition) is 2. The average molecular weight is 254 g/mol. The molecule has 0 spiro atoms. The molecule has 0 aromatic rings. The van der Waals surface area contributed by atoms with Crippen molar-refractivity contribution in [2.75, 3.05) is 0 Å². The zero-order valence-electron chi connectivity index (χ0n) is 12.5. The number of amides is 1. The molecule has 0 radical (unpaired) electrons. The smallest absolute Gasteiger partial charge is 0.241 e. The number of carbonyl (C=O) groups is 1. The van der Waals surface area contributed by atoms with Gasteiger partial charge in [0.25, 0.3) is 0 Å². The summed E-state index contributed by atoms with van der Waals surface area (Å²) in [6.07, 6.45) is 8.48. The van der Waals surface area contributed by atoms with Gasteiger partial charge < -0.3 is 4.90 Å². The molecular formula is C15H30N2O. The van der Waals surface area contributed by atoms with Crippen molar-refractivity contribution in [2.45, 2.75) is 90.9 Å². The summed E-state index contributed by atoms with van der Waals surface area (Å²) in [6.45, 7) is 8.66. The number of rotatable bonds is 8. The Morgan fingerprint density at radius 2 is 1.94 bits per heavy atom. The minimum atomic E-state index is 0.0584. The predicted octanol–water partition coefficient (Wildman–Crippen LogP) is 3.29. The van der Waals surface area contributed by atoms with Gasteiger partial charge in [-0.3, -0.25) is 10.1 Å². The van der Waals surface area contributed by atoms with Gasteiger partial charge in [-0.05, 0) is 26.7 Å². The summed E-state index contributed by atoms with van der Waals surface area (Å²) >= 11 is 0. The molecule has 0 aromatic carbocycles. The lowest BCUT2D eigenvalue weighted by Crippen LogP contribution is -2.41. The average Bonchev–Trinajstić information content (AvgIpc) is 2.61. The van der Waals surface area contributed by atoms with Gasteiger partial charge in [0.1, 0.15) is 0 Å². The predicted molar refractivity (Wildman–Crippen MR) is 76.4 cm³/mol. The second-order valence-electron chi connectivity index (χ2n) is 5.63. The highest BCUT2D eigenvalue weighted by molar-refractivity contribution is 5.84. The van der Waals surface area contributed by atoms with Crippen molar-refractivity contribution in [2.24, 2.45) is 0 Å². The van der Waals surface area contributed by atoms with E-state index in [1.54, 1.807) is 0 Å². The first-order valence-corrected chi connectivity index (χ1v) is 7.70. The summed E-state index contributed by atoms with van der Waals surface area (Å²) in [5.74, 6) is 0.312. The molecule has 3 unspecified atom stereocenters. The first kappa shape index (κ1) is 15.5. The zero-order chi connectivity index (χ0) is 13.5. The van der Waals surface area contributed by atoms with Crippen LogP contribution in [0.15, 0.2) is 0 Å². The first-order chi connectivity index (χ1) is 8.61. The van der Waals surface area contributed by atoms with Crippen molar-refractivity contribution in [3.63, 3.8) is 0 Å². The van der Waals surface area contributed by atoms with Gasteiger partial charge in [-0.25, -0.2) is 0 Å². The molecule has 0 bridgehead atoms. The Hall–Kier alpha value is -0.570. The molecule has 1 rings (SSSR count). The summed E-state index contributed by atoms with van der Waals surface area (Å²) in [6, 6.07) is 0.432. The van der Waals surface area contributed by atoms with E-state index >= 15 is 0 Å². The lowest BCUT2D eigenvalue weighted by molar-refractivity contribution is -0.132. The maximum Gasteiger partial charge on any atom is 0.241 e. The Bertz CT molecular complexity index is 255. The monoisotopic (exact) mass is 254 g/mol. The molecule has 1 saturated heterocycles. The number of nitrogens with zero attached hydrogens (tertiary/aromatic N) is 1. The Kier molecular flexibility index (Phi) is 6.69. The topological polar surface area (TPSA) is 32.3 Å². The van der Waals surface area contributed by atoms with Gasteiger partial charge in [0.15, 0.2) is 0 Å². The van der Waals surface area contributed by atoms with Crippen LogP contribution >= 0.6 is 0 Å². The van der Waals surface area contributed by atoms with E-state index in [4.69, 9.17) is 0 Å². The molecule has 0 aromatic heterocycles. The molecule has 1 aliphatic heterocycles. The van der Waals surface area contributed by atoms with Crippen LogP contribution in [0.3, 0.4) is 0 Å². The van der Waals surface area contributed by atoms with Crippen molar-refractivity contribution in [1.29, 1.82) is 0 Å². The van der Waals surface area contributed by atoms with E-state index in [9.17, 15) is 4.79 Å². The van der Waals surface area contributed by atoms with Crippen molar-refractivity contribution in [3.05, 3.63) is 0 Å². The fourth-order valence-corrected chi connectivity index (χ4v) is 2.91. The Morgan fingerprint density at radius 1 is 1.22 bits per heavy atom. The van der Waals surface area contributed by atoms with Crippen molar-refractivity contribution in [1.82, 2.24) is 10.2 Å². The fraction of sp³-hybridized carbons (Fsp3) is 0.933. The van der Waals surface area contributed by atoms with Crippen LogP contribution in [0, 0.1) is 0 Å². The van der Waals surface area contributed by atoms with Crippen LogP contribution in [0.25, 0.3) is 0 Å². The van der Waals surface area contributed by atoms with Gasteiger partial charge in [-0.1, -0.05) is 46.0 Å². The molecule has 0 aliphatic carbocycles. The van der Waals surface area contributed by atoms with E-state index in [1.165, 1.54) is 25.7 Å². The summed E-state index contributed by atoms with van der Waals surface area (Å²) < 4.78 is 0. The Labute approximate surface area is 112 Å². The van der Waals surface area contributed by atoms with Crippen molar-refractivity contribution < 1.29 is 4.79 Å². The van der Waals surface area contributed by atoms with Crippen LogP contribution < -0.4 is 5.32 Å². The normalized spacial score (nSPS) is 25.8. The van der Waals surface area contributed by atoms with Crippen LogP contribution in [0.1, 0.15) is 72.6 Å². The van der Waals surface area contributed by atoms with E-state index in [1.807, 2.05) is 0 Å². The van der Waals surface area contributed by atoms with Crippen LogP contribution in [0.5, 0.6) is 0 Å². The van der Waals surface area contributed by atoms with Crippen LogP contribution in [0.4, 0.5) is 0 Å². The Morgan fingerprint density at radius 3 is 2.56 bits per heavy atom. The van der Waals surface area contributed by atoms with Gasteiger partial charge in [0.2, 0.25) is 5.91 Å². The molecule has 3 nitrogen and oxygen atoms in total. The van der Waals surface area contributed by atoms with Crippen molar-refractivity contribution in [3.8, 4) is 0 Å². The molecular weight excluding hydrogens is 224 g/mol. The number of unbranched alkanes of at least 4 members (excludes halogenated alkanes) is 3. The van der Waals surface area contributed by atoms with Gasteiger partial charge in [0, 0.05) is 6.04 Å². The maximum absolute atomic E-state index is 12.3. The molecule has 1 aliphatic rings. The fourth-order valence-electron chi connectivity index (χ4n) is 2.91. The molecule has 0 saturated carbocycles. The first-order valence-electron chi connectivity index (χ1n) is 7.70. The molecule has 3 heteroatoms. The Balaban J connectivity index is 2.41. The van der Waals surface area contributed by atoms with Crippen LogP contribution in [0.2, 0.25) is 0 Å². The number of carbonyl (C=O) groups excluding carboxylic acids is 1. The second kappa shape index (κ2) is 7.78. The summed E-state index contributed by atoms with van der Waals surface area (Å²) in [4.78, 5) is 14.4.